The Morgan fingerprint density at radius 2 is 1.85 bits per heavy atom. The summed E-state index contributed by atoms with van der Waals surface area (Å²) in [5, 5.41) is 13.6. The summed E-state index contributed by atoms with van der Waals surface area (Å²) in [6, 6.07) is 14.3. The van der Waals surface area contributed by atoms with E-state index in [4.69, 9.17) is 0 Å². The molecule has 3 aromatic heterocycles. The Morgan fingerprint density at radius 3 is 2.63 bits per heavy atom. The molecule has 0 atom stereocenters. The quantitative estimate of drug-likeness (QED) is 0.584. The summed E-state index contributed by atoms with van der Waals surface area (Å²) in [5.74, 6) is -1.37. The van der Waals surface area contributed by atoms with E-state index in [1.165, 1.54) is 22.6 Å². The number of fused-ring (bicyclic) bond motifs is 1. The molecular formula is C19H12N4O3S. The fourth-order valence-electron chi connectivity index (χ4n) is 2.61. The lowest BCUT2D eigenvalue weighted by Crippen LogP contribution is -2.22. The first-order valence-corrected chi connectivity index (χ1v) is 8.75. The standard InChI is InChI=1S/C19H12N4O3S/c24-17-15-7-3-9-21-18(15)23(22-16(17)19(25)26)12-4-1-5-13(10-12)27-14-6-2-8-20-11-14/h1-11H,(H,25,26). The highest BCUT2D eigenvalue weighted by molar-refractivity contribution is 7.99. The molecule has 1 N–H and O–H groups in total. The summed E-state index contributed by atoms with van der Waals surface area (Å²) in [5.41, 5.74) is -0.283. The van der Waals surface area contributed by atoms with Crippen LogP contribution in [0.3, 0.4) is 0 Å². The zero-order valence-electron chi connectivity index (χ0n) is 13.8. The van der Waals surface area contributed by atoms with Gasteiger partial charge in [0.25, 0.3) is 0 Å². The molecule has 0 bridgehead atoms. The van der Waals surface area contributed by atoms with E-state index in [2.05, 4.69) is 15.1 Å². The SMILES string of the molecule is O=C(O)c1nn(-c2cccc(Sc3cccnc3)c2)c2ncccc2c1=O. The maximum absolute atomic E-state index is 12.4. The lowest BCUT2D eigenvalue weighted by Gasteiger charge is -2.11. The Hall–Kier alpha value is -3.52. The average molecular weight is 376 g/mol. The first-order chi connectivity index (χ1) is 13.1. The summed E-state index contributed by atoms with van der Waals surface area (Å²) in [6.45, 7) is 0. The first kappa shape index (κ1) is 16.9. The molecule has 1 aromatic carbocycles. The minimum atomic E-state index is -1.37. The molecule has 4 rings (SSSR count). The maximum atomic E-state index is 12.4. The molecule has 0 fully saturated rings. The molecule has 0 unspecified atom stereocenters. The molecule has 0 aliphatic carbocycles. The minimum Gasteiger partial charge on any atom is -0.476 e. The largest absolute Gasteiger partial charge is 0.476 e. The molecule has 8 heteroatoms. The van der Waals surface area contributed by atoms with Gasteiger partial charge in [0.15, 0.2) is 5.65 Å². The normalized spacial score (nSPS) is 10.8. The highest BCUT2D eigenvalue weighted by Gasteiger charge is 2.18. The van der Waals surface area contributed by atoms with Crippen molar-refractivity contribution < 1.29 is 9.90 Å². The van der Waals surface area contributed by atoms with Crippen LogP contribution in [-0.2, 0) is 0 Å². The molecule has 0 aliphatic heterocycles. The third kappa shape index (κ3) is 3.30. The smallest absolute Gasteiger partial charge is 0.360 e. The number of carboxylic acids is 1. The summed E-state index contributed by atoms with van der Waals surface area (Å²) in [4.78, 5) is 34.0. The van der Waals surface area contributed by atoms with E-state index in [0.717, 1.165) is 9.79 Å². The Bertz CT molecular complexity index is 1210. The van der Waals surface area contributed by atoms with Gasteiger partial charge >= 0.3 is 5.97 Å². The van der Waals surface area contributed by atoms with Crippen LogP contribution < -0.4 is 5.43 Å². The van der Waals surface area contributed by atoms with Crippen LogP contribution in [0.4, 0.5) is 0 Å². The van der Waals surface area contributed by atoms with Crippen molar-refractivity contribution in [1.29, 1.82) is 0 Å². The van der Waals surface area contributed by atoms with E-state index in [1.807, 2.05) is 30.3 Å². The molecule has 7 nitrogen and oxygen atoms in total. The van der Waals surface area contributed by atoms with Gasteiger partial charge in [-0.1, -0.05) is 17.8 Å². The van der Waals surface area contributed by atoms with Crippen LogP contribution in [0.15, 0.2) is 81.7 Å². The van der Waals surface area contributed by atoms with Crippen LogP contribution in [0, 0.1) is 0 Å². The Kier molecular flexibility index (Phi) is 4.39. The van der Waals surface area contributed by atoms with Gasteiger partial charge in [0.05, 0.1) is 11.1 Å². The van der Waals surface area contributed by atoms with E-state index < -0.39 is 17.1 Å². The number of carboxylic acid groups (broad SMARTS) is 1. The zero-order chi connectivity index (χ0) is 18.8. The predicted molar refractivity (Wildman–Crippen MR) is 100 cm³/mol. The van der Waals surface area contributed by atoms with Crippen molar-refractivity contribution in [3.8, 4) is 5.69 Å². The Balaban J connectivity index is 1.87. The number of pyridine rings is 2. The molecule has 3 heterocycles. The fraction of sp³-hybridized carbons (Fsp3) is 0. The van der Waals surface area contributed by atoms with Crippen molar-refractivity contribution in [1.82, 2.24) is 19.7 Å². The van der Waals surface area contributed by atoms with E-state index in [-0.39, 0.29) is 5.39 Å². The van der Waals surface area contributed by atoms with Gasteiger partial charge in [0, 0.05) is 28.4 Å². The first-order valence-electron chi connectivity index (χ1n) is 7.93. The predicted octanol–water partition coefficient (Wildman–Crippen LogP) is 3.03. The molecule has 4 aromatic rings. The Labute approximate surface area is 157 Å². The van der Waals surface area contributed by atoms with Gasteiger partial charge < -0.3 is 5.11 Å². The highest BCUT2D eigenvalue weighted by atomic mass is 32.2. The van der Waals surface area contributed by atoms with Gasteiger partial charge in [-0.3, -0.25) is 9.78 Å². The van der Waals surface area contributed by atoms with E-state index in [0.29, 0.717) is 11.3 Å². The van der Waals surface area contributed by atoms with Gasteiger partial charge in [-0.05, 0) is 42.5 Å². The molecular weight excluding hydrogens is 364 g/mol. The third-order valence-corrected chi connectivity index (χ3v) is 4.75. The number of aromatic carboxylic acids is 1. The van der Waals surface area contributed by atoms with Crippen LogP contribution >= 0.6 is 11.8 Å². The van der Waals surface area contributed by atoms with Crippen LogP contribution in [-0.4, -0.2) is 30.8 Å². The second-order valence-corrected chi connectivity index (χ2v) is 6.70. The number of nitrogens with zero attached hydrogens (tertiary/aromatic N) is 4. The van der Waals surface area contributed by atoms with Crippen molar-refractivity contribution in [3.05, 3.63) is 83.0 Å². The lowest BCUT2D eigenvalue weighted by atomic mass is 10.2. The van der Waals surface area contributed by atoms with Gasteiger partial charge in [0.2, 0.25) is 11.1 Å². The molecule has 27 heavy (non-hydrogen) atoms. The van der Waals surface area contributed by atoms with E-state index in [1.54, 1.807) is 30.6 Å². The van der Waals surface area contributed by atoms with Crippen molar-refractivity contribution in [3.63, 3.8) is 0 Å². The summed E-state index contributed by atoms with van der Waals surface area (Å²) < 4.78 is 1.38. The molecule has 0 saturated carbocycles. The molecule has 0 saturated heterocycles. The highest BCUT2D eigenvalue weighted by Crippen LogP contribution is 2.28. The van der Waals surface area contributed by atoms with Crippen molar-refractivity contribution in [2.24, 2.45) is 0 Å². The van der Waals surface area contributed by atoms with Gasteiger partial charge in [-0.2, -0.15) is 5.10 Å². The second kappa shape index (κ2) is 7.00. The average Bonchev–Trinajstić information content (AvgIpc) is 2.69. The number of hydrogen-bond acceptors (Lipinski definition) is 6. The summed E-state index contributed by atoms with van der Waals surface area (Å²) in [6.07, 6.45) is 5.00. The van der Waals surface area contributed by atoms with E-state index >= 15 is 0 Å². The Morgan fingerprint density at radius 1 is 1.04 bits per heavy atom. The second-order valence-electron chi connectivity index (χ2n) is 5.56. The van der Waals surface area contributed by atoms with Crippen LogP contribution in [0.25, 0.3) is 16.7 Å². The van der Waals surface area contributed by atoms with Crippen LogP contribution in [0.2, 0.25) is 0 Å². The van der Waals surface area contributed by atoms with Crippen molar-refractivity contribution in [2.75, 3.05) is 0 Å². The van der Waals surface area contributed by atoms with Gasteiger partial charge in [-0.25, -0.2) is 14.5 Å². The summed E-state index contributed by atoms with van der Waals surface area (Å²) >= 11 is 1.51. The lowest BCUT2D eigenvalue weighted by molar-refractivity contribution is 0.0687. The van der Waals surface area contributed by atoms with Crippen LogP contribution in [0.1, 0.15) is 10.5 Å². The number of hydrogen-bond donors (Lipinski definition) is 1. The topological polar surface area (TPSA) is 98.0 Å². The monoisotopic (exact) mass is 376 g/mol. The molecule has 0 aliphatic rings. The molecule has 132 valence electrons. The zero-order valence-corrected chi connectivity index (χ0v) is 14.6. The van der Waals surface area contributed by atoms with E-state index in [9.17, 15) is 14.7 Å². The van der Waals surface area contributed by atoms with Crippen molar-refractivity contribution >= 4 is 28.8 Å². The minimum absolute atomic E-state index is 0.204. The van der Waals surface area contributed by atoms with Crippen LogP contribution in [0.5, 0.6) is 0 Å². The fourth-order valence-corrected chi connectivity index (χ4v) is 3.46. The molecule has 0 amide bonds. The number of carbonyl (C=O) groups is 1. The summed E-state index contributed by atoms with van der Waals surface area (Å²) in [7, 11) is 0. The van der Waals surface area contributed by atoms with Gasteiger partial charge in [0.1, 0.15) is 0 Å². The van der Waals surface area contributed by atoms with Gasteiger partial charge in [-0.15, -0.1) is 0 Å². The third-order valence-electron chi connectivity index (χ3n) is 3.78. The molecule has 0 radical (unpaired) electrons. The maximum Gasteiger partial charge on any atom is 0.360 e. The number of aromatic nitrogens is 4. The number of benzene rings is 1. The van der Waals surface area contributed by atoms with Crippen molar-refractivity contribution in [2.45, 2.75) is 9.79 Å². The number of rotatable bonds is 4. The molecule has 0 spiro atoms.